The lowest BCUT2D eigenvalue weighted by Crippen LogP contribution is -2.58. The molecule has 6 rings (SSSR count). The number of piperazine rings is 1. The van der Waals surface area contributed by atoms with Crippen molar-refractivity contribution in [2.45, 2.75) is 29.4 Å². The molecular weight excluding hydrogens is 586 g/mol. The molecule has 1 fully saturated rings. The highest BCUT2D eigenvalue weighted by Gasteiger charge is 2.38. The van der Waals surface area contributed by atoms with Crippen LogP contribution in [-0.4, -0.2) is 73.7 Å². The second-order valence-electron chi connectivity index (χ2n) is 10.9. The molecule has 3 aromatic carbocycles. The number of para-hydroxylation sites is 1. The van der Waals surface area contributed by atoms with Gasteiger partial charge in [-0.15, -0.1) is 0 Å². The predicted octanol–water partition coefficient (Wildman–Crippen LogP) is 5.43. The number of hydrogen-bond donors (Lipinski definition) is 3. The third kappa shape index (κ3) is 6.62. The number of aromatic amines is 1. The van der Waals surface area contributed by atoms with Gasteiger partial charge in [-0.3, -0.25) is 14.5 Å². The van der Waals surface area contributed by atoms with Gasteiger partial charge in [0, 0.05) is 36.7 Å². The SMILES string of the molecule is CC(NC(=O)c1cc2ccccc2[nH]1)C(=O)N1CCN(C(c2ccccc2)c2ccccc2)[C@H](Sc2ncccc2C(=O)O)C1. The van der Waals surface area contributed by atoms with Crippen LogP contribution in [0.5, 0.6) is 0 Å². The van der Waals surface area contributed by atoms with Crippen molar-refractivity contribution in [2.75, 3.05) is 19.6 Å². The normalized spacial score (nSPS) is 16.0. The molecule has 0 saturated carbocycles. The fourth-order valence-electron chi connectivity index (χ4n) is 5.79. The average molecular weight is 620 g/mol. The number of nitrogens with zero attached hydrogens (tertiary/aromatic N) is 3. The lowest BCUT2D eigenvalue weighted by Gasteiger charge is -2.45. The molecule has 2 aromatic heterocycles. The Morgan fingerprint density at radius 1 is 0.911 bits per heavy atom. The van der Waals surface area contributed by atoms with Crippen LogP contribution in [0.3, 0.4) is 0 Å². The third-order valence-electron chi connectivity index (χ3n) is 7.99. The van der Waals surface area contributed by atoms with Gasteiger partial charge in [-0.25, -0.2) is 9.78 Å². The first-order valence-electron chi connectivity index (χ1n) is 14.8. The summed E-state index contributed by atoms with van der Waals surface area (Å²) in [5.74, 6) is -1.62. The van der Waals surface area contributed by atoms with Crippen LogP contribution in [0.25, 0.3) is 10.9 Å². The van der Waals surface area contributed by atoms with Crippen LogP contribution in [0.15, 0.2) is 114 Å². The number of H-pyrrole nitrogens is 1. The summed E-state index contributed by atoms with van der Waals surface area (Å²) in [6.07, 6.45) is 1.58. The quantitative estimate of drug-likeness (QED) is 0.201. The van der Waals surface area contributed by atoms with E-state index in [1.165, 1.54) is 11.8 Å². The predicted molar refractivity (Wildman–Crippen MR) is 174 cm³/mol. The van der Waals surface area contributed by atoms with E-state index in [9.17, 15) is 19.5 Å². The topological polar surface area (TPSA) is 119 Å². The fourth-order valence-corrected chi connectivity index (χ4v) is 7.07. The number of carboxylic acids is 1. The number of pyridine rings is 1. The van der Waals surface area contributed by atoms with Crippen molar-refractivity contribution in [2.24, 2.45) is 0 Å². The molecule has 0 spiro atoms. The lowest BCUT2D eigenvalue weighted by atomic mass is 9.96. The minimum atomic E-state index is -1.06. The lowest BCUT2D eigenvalue weighted by molar-refractivity contribution is -0.135. The number of aromatic carboxylic acids is 1. The number of carboxylic acid groups (broad SMARTS) is 1. The molecule has 1 aliphatic heterocycles. The Morgan fingerprint density at radius 3 is 2.24 bits per heavy atom. The molecular formula is C35H33N5O4S. The van der Waals surface area contributed by atoms with Gasteiger partial charge in [-0.1, -0.05) is 90.6 Å². The van der Waals surface area contributed by atoms with Gasteiger partial charge in [0.25, 0.3) is 5.91 Å². The first kappa shape index (κ1) is 30.1. The first-order chi connectivity index (χ1) is 21.9. The molecule has 228 valence electrons. The Bertz CT molecular complexity index is 1740. The minimum Gasteiger partial charge on any atom is -0.478 e. The van der Waals surface area contributed by atoms with Crippen molar-refractivity contribution in [3.63, 3.8) is 0 Å². The van der Waals surface area contributed by atoms with Crippen LogP contribution in [0.1, 0.15) is 44.9 Å². The zero-order valence-electron chi connectivity index (χ0n) is 24.7. The number of carbonyl (C=O) groups is 3. The van der Waals surface area contributed by atoms with E-state index >= 15 is 0 Å². The number of carbonyl (C=O) groups excluding carboxylic acids is 2. The summed E-state index contributed by atoms with van der Waals surface area (Å²) in [5, 5.41) is 13.7. The minimum absolute atomic E-state index is 0.112. The van der Waals surface area contributed by atoms with Gasteiger partial charge < -0.3 is 20.3 Å². The Hall–Kier alpha value is -4.93. The zero-order valence-corrected chi connectivity index (χ0v) is 25.5. The number of fused-ring (bicyclic) bond motifs is 1. The van der Waals surface area contributed by atoms with Crippen molar-refractivity contribution in [3.8, 4) is 0 Å². The summed E-state index contributed by atoms with van der Waals surface area (Å²) in [6, 6.07) is 31.9. The molecule has 10 heteroatoms. The van der Waals surface area contributed by atoms with Gasteiger partial charge in [-0.2, -0.15) is 0 Å². The van der Waals surface area contributed by atoms with Crippen LogP contribution in [0.4, 0.5) is 0 Å². The Kier molecular flexibility index (Phi) is 8.95. The third-order valence-corrected chi connectivity index (χ3v) is 9.23. The highest BCUT2D eigenvalue weighted by atomic mass is 32.2. The molecule has 5 aromatic rings. The first-order valence-corrected chi connectivity index (χ1v) is 15.6. The maximum atomic E-state index is 13.8. The van der Waals surface area contributed by atoms with Gasteiger partial charge in [-0.05, 0) is 42.3 Å². The molecule has 0 bridgehead atoms. The second-order valence-corrected chi connectivity index (χ2v) is 12.1. The van der Waals surface area contributed by atoms with E-state index in [-0.39, 0.29) is 28.8 Å². The molecule has 3 heterocycles. The van der Waals surface area contributed by atoms with E-state index in [1.54, 1.807) is 36.2 Å². The fraction of sp³-hybridized carbons (Fsp3) is 0.200. The smallest absolute Gasteiger partial charge is 0.338 e. The van der Waals surface area contributed by atoms with E-state index in [0.29, 0.717) is 30.4 Å². The van der Waals surface area contributed by atoms with Gasteiger partial charge >= 0.3 is 5.97 Å². The maximum Gasteiger partial charge on any atom is 0.338 e. The molecule has 2 atom stereocenters. The highest BCUT2D eigenvalue weighted by Crippen LogP contribution is 2.38. The summed E-state index contributed by atoms with van der Waals surface area (Å²) in [7, 11) is 0. The van der Waals surface area contributed by atoms with Crippen LogP contribution in [0.2, 0.25) is 0 Å². The van der Waals surface area contributed by atoms with Crippen molar-refractivity contribution in [1.82, 2.24) is 25.1 Å². The van der Waals surface area contributed by atoms with Crippen molar-refractivity contribution >= 4 is 40.4 Å². The second kappa shape index (κ2) is 13.4. The van der Waals surface area contributed by atoms with Crippen LogP contribution < -0.4 is 5.32 Å². The summed E-state index contributed by atoms with van der Waals surface area (Å²) in [5.41, 5.74) is 3.53. The average Bonchev–Trinajstić information content (AvgIpc) is 3.51. The Labute approximate surface area is 265 Å². The Morgan fingerprint density at radius 2 is 1.58 bits per heavy atom. The molecule has 0 aliphatic carbocycles. The summed E-state index contributed by atoms with van der Waals surface area (Å²) in [4.78, 5) is 50.6. The summed E-state index contributed by atoms with van der Waals surface area (Å²) in [6.45, 7) is 2.96. The van der Waals surface area contributed by atoms with E-state index in [2.05, 4.69) is 44.5 Å². The van der Waals surface area contributed by atoms with Crippen molar-refractivity contribution in [3.05, 3.63) is 132 Å². The number of aromatic nitrogens is 2. The molecule has 1 aliphatic rings. The number of benzene rings is 3. The van der Waals surface area contributed by atoms with E-state index in [4.69, 9.17) is 0 Å². The van der Waals surface area contributed by atoms with Gasteiger partial charge in [0.05, 0.1) is 17.0 Å². The monoisotopic (exact) mass is 619 g/mol. The summed E-state index contributed by atoms with van der Waals surface area (Å²) >= 11 is 1.34. The molecule has 2 amide bonds. The standard InChI is InChI=1S/C35H33N5O4S/c1-23(37-32(41)29-21-26-15-8-9-17-28(26)38-29)34(42)39-19-20-40(30(22-39)45-33-27(35(43)44)16-10-18-36-33)31(24-11-4-2-5-12-24)25-13-6-3-7-14-25/h2-18,21,23,30-31,38H,19-20,22H2,1H3,(H,37,41)(H,43,44)/t23?,30-/m1/s1. The van der Waals surface area contributed by atoms with Crippen molar-refractivity contribution in [1.29, 1.82) is 0 Å². The van der Waals surface area contributed by atoms with Crippen LogP contribution >= 0.6 is 11.8 Å². The molecule has 9 nitrogen and oxygen atoms in total. The van der Waals surface area contributed by atoms with Gasteiger partial charge in [0.2, 0.25) is 5.91 Å². The Balaban J connectivity index is 1.27. The largest absolute Gasteiger partial charge is 0.478 e. The molecule has 3 N–H and O–H groups in total. The van der Waals surface area contributed by atoms with Gasteiger partial charge in [0.1, 0.15) is 16.8 Å². The molecule has 0 radical (unpaired) electrons. The number of amides is 2. The van der Waals surface area contributed by atoms with Crippen molar-refractivity contribution < 1.29 is 19.5 Å². The molecule has 1 unspecified atom stereocenters. The van der Waals surface area contributed by atoms with Gasteiger partial charge in [0.15, 0.2) is 0 Å². The molecule has 45 heavy (non-hydrogen) atoms. The molecule has 1 saturated heterocycles. The van der Waals surface area contributed by atoms with E-state index in [1.807, 2.05) is 60.7 Å². The maximum absolute atomic E-state index is 13.8. The van der Waals surface area contributed by atoms with Crippen LogP contribution in [-0.2, 0) is 4.79 Å². The van der Waals surface area contributed by atoms with E-state index in [0.717, 1.165) is 22.0 Å². The summed E-state index contributed by atoms with van der Waals surface area (Å²) < 4.78 is 0. The number of hydrogen-bond acceptors (Lipinski definition) is 6. The van der Waals surface area contributed by atoms with Crippen LogP contribution in [0, 0.1) is 0 Å². The number of nitrogens with one attached hydrogen (secondary N) is 2. The number of rotatable bonds is 9. The highest BCUT2D eigenvalue weighted by molar-refractivity contribution is 7.99. The zero-order chi connectivity index (χ0) is 31.3. The van der Waals surface area contributed by atoms with E-state index < -0.39 is 12.0 Å². The number of thioether (sulfide) groups is 1.